The molecule has 3 aromatic rings. The van der Waals surface area contributed by atoms with Crippen LogP contribution < -0.4 is 15.4 Å². The molecule has 8 nitrogen and oxygen atoms in total. The summed E-state index contributed by atoms with van der Waals surface area (Å²) in [4.78, 5) is 9.07. The number of hydrogen-bond acceptors (Lipinski definition) is 7. The summed E-state index contributed by atoms with van der Waals surface area (Å²) in [6.07, 6.45) is 3.99. The maximum absolute atomic E-state index is 14.6. The van der Waals surface area contributed by atoms with E-state index >= 15 is 0 Å². The molecule has 3 heterocycles. The first-order chi connectivity index (χ1) is 15.1. The Balaban J connectivity index is 1.79. The maximum atomic E-state index is 14.6. The quantitative estimate of drug-likeness (QED) is 0.457. The number of fused-ring (bicyclic) bond motifs is 1. The van der Waals surface area contributed by atoms with Crippen molar-refractivity contribution in [3.05, 3.63) is 35.4 Å². The van der Waals surface area contributed by atoms with Gasteiger partial charge in [-0.15, -0.1) is 0 Å². The fourth-order valence-electron chi connectivity index (χ4n) is 3.88. The van der Waals surface area contributed by atoms with E-state index in [1.54, 1.807) is 17.7 Å². The molecule has 4 rings (SSSR count). The van der Waals surface area contributed by atoms with Crippen molar-refractivity contribution in [1.82, 2.24) is 24.9 Å². The number of rotatable bonds is 10. The summed E-state index contributed by atoms with van der Waals surface area (Å²) >= 11 is 0. The fourth-order valence-corrected chi connectivity index (χ4v) is 3.88. The lowest BCUT2D eigenvalue weighted by Gasteiger charge is -2.19. The molecule has 1 atom stereocenters. The van der Waals surface area contributed by atoms with Crippen LogP contribution in [0, 0.1) is 5.82 Å². The van der Waals surface area contributed by atoms with Gasteiger partial charge >= 0.3 is 0 Å². The molecule has 1 saturated carbocycles. The third kappa shape index (κ3) is 4.33. The fraction of sp³-hybridized carbons (Fsp3) is 0.500. The third-order valence-electron chi connectivity index (χ3n) is 5.52. The Morgan fingerprint density at radius 3 is 2.77 bits per heavy atom. The van der Waals surface area contributed by atoms with Gasteiger partial charge in [-0.3, -0.25) is 0 Å². The van der Waals surface area contributed by atoms with E-state index in [9.17, 15) is 9.50 Å². The topological polar surface area (TPSA) is 96.6 Å². The number of imidazole rings is 1. The molecule has 1 fully saturated rings. The minimum Gasteiger partial charge on any atom is -0.495 e. The van der Waals surface area contributed by atoms with E-state index in [4.69, 9.17) is 9.84 Å². The molecule has 9 heteroatoms. The van der Waals surface area contributed by atoms with Gasteiger partial charge in [-0.1, -0.05) is 13.3 Å². The molecule has 1 unspecified atom stereocenters. The van der Waals surface area contributed by atoms with E-state index in [0.29, 0.717) is 40.9 Å². The van der Waals surface area contributed by atoms with E-state index in [1.165, 1.54) is 6.07 Å². The molecule has 0 radical (unpaired) electrons. The zero-order chi connectivity index (χ0) is 22.0. The van der Waals surface area contributed by atoms with E-state index in [2.05, 4.69) is 27.5 Å². The number of aliphatic hydroxyl groups excluding tert-OH is 1. The first-order valence-corrected chi connectivity index (χ1v) is 10.7. The molecule has 0 bridgehead atoms. The zero-order valence-corrected chi connectivity index (χ0v) is 18.2. The van der Waals surface area contributed by atoms with E-state index in [-0.39, 0.29) is 18.5 Å². The van der Waals surface area contributed by atoms with Gasteiger partial charge < -0.3 is 20.5 Å². The monoisotopic (exact) mass is 428 g/mol. The first-order valence-electron chi connectivity index (χ1n) is 10.7. The summed E-state index contributed by atoms with van der Waals surface area (Å²) < 4.78 is 21.8. The van der Waals surface area contributed by atoms with Gasteiger partial charge in [-0.2, -0.15) is 5.10 Å². The van der Waals surface area contributed by atoms with Gasteiger partial charge in [0.05, 0.1) is 25.1 Å². The second kappa shape index (κ2) is 9.15. The van der Waals surface area contributed by atoms with Crippen molar-refractivity contribution in [2.75, 3.05) is 26.0 Å². The number of nitrogens with zero attached hydrogens (tertiary/aromatic N) is 4. The molecule has 0 spiro atoms. The van der Waals surface area contributed by atoms with Crippen molar-refractivity contribution in [2.45, 2.75) is 51.2 Å². The van der Waals surface area contributed by atoms with Crippen LogP contribution in [0.5, 0.6) is 5.75 Å². The molecule has 3 N–H and O–H groups in total. The zero-order valence-electron chi connectivity index (χ0n) is 18.2. The summed E-state index contributed by atoms with van der Waals surface area (Å²) in [5.41, 5.74) is 2.92. The minimum absolute atomic E-state index is 0.0515. The molecule has 0 aliphatic heterocycles. The van der Waals surface area contributed by atoms with E-state index in [1.807, 2.05) is 13.1 Å². The number of aliphatic hydroxyl groups is 1. The number of ether oxygens (including phenoxy) is 1. The minimum atomic E-state index is -0.423. The van der Waals surface area contributed by atoms with Crippen LogP contribution in [-0.2, 0) is 6.61 Å². The van der Waals surface area contributed by atoms with Gasteiger partial charge in [0.2, 0.25) is 0 Å². The second-order valence-electron chi connectivity index (χ2n) is 7.92. The molecule has 1 aliphatic rings. The molecule has 0 amide bonds. The average molecular weight is 429 g/mol. The molecule has 0 saturated heterocycles. The lowest BCUT2D eigenvalue weighted by molar-refractivity contribution is 0.278. The van der Waals surface area contributed by atoms with E-state index in [0.717, 1.165) is 31.4 Å². The van der Waals surface area contributed by atoms with Gasteiger partial charge in [0.15, 0.2) is 17.3 Å². The number of methoxy groups -OCH3 is 1. The molecule has 0 aromatic carbocycles. The molecule has 1 aliphatic carbocycles. The Labute approximate surface area is 180 Å². The lowest BCUT2D eigenvalue weighted by Crippen LogP contribution is -2.31. The molecular weight excluding hydrogens is 399 g/mol. The highest BCUT2D eigenvalue weighted by molar-refractivity contribution is 5.66. The average Bonchev–Trinajstić information content (AvgIpc) is 3.55. The van der Waals surface area contributed by atoms with Crippen molar-refractivity contribution in [2.24, 2.45) is 0 Å². The standard InChI is InChI=1S/C22H29FN6O2/c1-4-5-14(11-24-2)25-22-15(23)8-9-16(27-22)21-17(12-30)26-19-10-18(31-3)20(13-6-7-13)28-29(19)21/h8-10,13-14,24,30H,4-7,11-12H2,1-3H3,(H,25,27). The Bertz CT molecular complexity index is 1060. The van der Waals surface area contributed by atoms with Crippen LogP contribution in [0.25, 0.3) is 17.0 Å². The SMILES string of the molecule is CCCC(CNC)Nc1nc(-c2c(CO)nc3cc(OC)c(C4CC4)nn23)ccc1F. The van der Waals surface area contributed by atoms with Crippen molar-refractivity contribution < 1.29 is 14.2 Å². The number of likely N-dealkylation sites (N-methyl/N-ethyl adjacent to an activating group) is 1. The predicted octanol–water partition coefficient (Wildman–Crippen LogP) is 3.11. The van der Waals surface area contributed by atoms with Crippen LogP contribution in [0.3, 0.4) is 0 Å². The first kappa shape index (κ1) is 21.5. The number of pyridine rings is 1. The Kier molecular flexibility index (Phi) is 6.33. The van der Waals surface area contributed by atoms with Crippen molar-refractivity contribution >= 4 is 11.5 Å². The van der Waals surface area contributed by atoms with Crippen LogP contribution in [0.4, 0.5) is 10.2 Å². The molecule has 166 valence electrons. The van der Waals surface area contributed by atoms with Crippen molar-refractivity contribution in [3.8, 4) is 17.1 Å². The van der Waals surface area contributed by atoms with Gasteiger partial charge in [-0.05, 0) is 38.4 Å². The number of aromatic nitrogens is 4. The maximum Gasteiger partial charge on any atom is 0.165 e. The highest BCUT2D eigenvalue weighted by Gasteiger charge is 2.30. The van der Waals surface area contributed by atoms with Crippen LogP contribution in [0.15, 0.2) is 18.2 Å². The Morgan fingerprint density at radius 1 is 1.32 bits per heavy atom. The number of anilines is 1. The van der Waals surface area contributed by atoms with Crippen LogP contribution in [0.2, 0.25) is 0 Å². The summed E-state index contributed by atoms with van der Waals surface area (Å²) in [5.74, 6) is 0.816. The molecule has 31 heavy (non-hydrogen) atoms. The number of hydrogen-bond donors (Lipinski definition) is 3. The molecular formula is C22H29FN6O2. The lowest BCUT2D eigenvalue weighted by atomic mass is 10.1. The summed E-state index contributed by atoms with van der Waals surface area (Å²) in [5, 5.41) is 21.1. The van der Waals surface area contributed by atoms with E-state index < -0.39 is 5.82 Å². The van der Waals surface area contributed by atoms with Crippen molar-refractivity contribution in [1.29, 1.82) is 0 Å². The third-order valence-corrected chi connectivity index (χ3v) is 5.52. The predicted molar refractivity (Wildman–Crippen MR) is 117 cm³/mol. The van der Waals surface area contributed by atoms with Gasteiger partial charge in [0, 0.05) is 24.6 Å². The van der Waals surface area contributed by atoms with Crippen LogP contribution in [-0.4, -0.2) is 51.4 Å². The Morgan fingerprint density at radius 2 is 2.13 bits per heavy atom. The van der Waals surface area contributed by atoms with Crippen molar-refractivity contribution in [3.63, 3.8) is 0 Å². The molecule has 3 aromatic heterocycles. The van der Waals surface area contributed by atoms with Crippen LogP contribution >= 0.6 is 0 Å². The number of nitrogens with one attached hydrogen (secondary N) is 2. The normalized spacial score (nSPS) is 14.7. The van der Waals surface area contributed by atoms with Gasteiger partial charge in [0.25, 0.3) is 0 Å². The van der Waals surface area contributed by atoms with Gasteiger partial charge in [0.1, 0.15) is 17.1 Å². The Hall–Kier alpha value is -2.78. The summed E-state index contributed by atoms with van der Waals surface area (Å²) in [6.45, 7) is 2.51. The largest absolute Gasteiger partial charge is 0.495 e. The highest BCUT2D eigenvalue weighted by Crippen LogP contribution is 2.43. The number of halogens is 1. The smallest absolute Gasteiger partial charge is 0.165 e. The summed E-state index contributed by atoms with van der Waals surface area (Å²) in [7, 11) is 3.49. The van der Waals surface area contributed by atoms with Crippen LogP contribution in [0.1, 0.15) is 49.9 Å². The summed E-state index contributed by atoms with van der Waals surface area (Å²) in [6, 6.07) is 4.86. The second-order valence-corrected chi connectivity index (χ2v) is 7.92. The van der Waals surface area contributed by atoms with Gasteiger partial charge in [-0.25, -0.2) is 18.9 Å². The highest BCUT2D eigenvalue weighted by atomic mass is 19.1.